The van der Waals surface area contributed by atoms with Crippen LogP contribution in [0.25, 0.3) is 0 Å². The minimum Gasteiger partial charge on any atom is -0.387 e. The monoisotopic (exact) mass is 283 g/mol. The summed E-state index contributed by atoms with van der Waals surface area (Å²) in [5, 5.41) is 10.5. The van der Waals surface area contributed by atoms with E-state index in [1.54, 1.807) is 0 Å². The number of hydrogen-bond acceptors (Lipinski definition) is 2. The molecule has 1 unspecified atom stereocenters. The van der Waals surface area contributed by atoms with Gasteiger partial charge < -0.3 is 10.0 Å². The van der Waals surface area contributed by atoms with Crippen LogP contribution in [-0.4, -0.2) is 30.1 Å². The zero-order chi connectivity index (χ0) is 15.2. The lowest BCUT2D eigenvalue weighted by Gasteiger charge is -2.22. The van der Waals surface area contributed by atoms with E-state index in [4.69, 9.17) is 0 Å². The molecule has 1 N–H and O–H groups in total. The lowest BCUT2D eigenvalue weighted by atomic mass is 10.0. The van der Waals surface area contributed by atoms with E-state index in [-0.39, 0.29) is 0 Å². The van der Waals surface area contributed by atoms with Gasteiger partial charge in [-0.25, -0.2) is 0 Å². The Bertz CT molecular complexity index is 565. The standard InChI is InChI=1S/C19H25NO/c1-15-9-10-16(2)18(13-15)19(21)14-20(3)12-11-17-7-5-4-6-8-17/h4-10,13,19,21H,11-12,14H2,1-3H3. The fourth-order valence-corrected chi connectivity index (χ4v) is 2.57. The summed E-state index contributed by atoms with van der Waals surface area (Å²) in [6, 6.07) is 16.7. The summed E-state index contributed by atoms with van der Waals surface area (Å²) >= 11 is 0. The molecule has 0 amide bonds. The maximum atomic E-state index is 10.5. The third-order valence-electron chi connectivity index (χ3n) is 3.90. The van der Waals surface area contributed by atoms with Crippen LogP contribution in [0.3, 0.4) is 0 Å². The first-order valence-electron chi connectivity index (χ1n) is 7.54. The molecule has 0 spiro atoms. The quantitative estimate of drug-likeness (QED) is 0.877. The molecule has 0 fully saturated rings. The van der Waals surface area contributed by atoms with Crippen LogP contribution in [0.5, 0.6) is 0 Å². The highest BCUT2D eigenvalue weighted by molar-refractivity contribution is 5.32. The summed E-state index contributed by atoms with van der Waals surface area (Å²) in [7, 11) is 2.07. The molecule has 2 rings (SSSR count). The van der Waals surface area contributed by atoms with Crippen molar-refractivity contribution in [3.8, 4) is 0 Å². The number of rotatable bonds is 6. The van der Waals surface area contributed by atoms with E-state index in [0.717, 1.165) is 24.1 Å². The third-order valence-corrected chi connectivity index (χ3v) is 3.90. The van der Waals surface area contributed by atoms with E-state index >= 15 is 0 Å². The van der Waals surface area contributed by atoms with Crippen molar-refractivity contribution in [1.82, 2.24) is 4.90 Å². The molecule has 0 aliphatic rings. The van der Waals surface area contributed by atoms with E-state index in [1.165, 1.54) is 11.1 Å². The van der Waals surface area contributed by atoms with Gasteiger partial charge in [-0.15, -0.1) is 0 Å². The molecular formula is C19H25NO. The average Bonchev–Trinajstić information content (AvgIpc) is 2.48. The second-order valence-electron chi connectivity index (χ2n) is 5.87. The Kier molecular flexibility index (Phi) is 5.54. The molecule has 0 heterocycles. The maximum Gasteiger partial charge on any atom is 0.0919 e. The van der Waals surface area contributed by atoms with Crippen LogP contribution in [0.2, 0.25) is 0 Å². The van der Waals surface area contributed by atoms with Crippen molar-refractivity contribution in [3.63, 3.8) is 0 Å². The Morgan fingerprint density at radius 3 is 2.48 bits per heavy atom. The maximum absolute atomic E-state index is 10.5. The summed E-state index contributed by atoms with van der Waals surface area (Å²) in [5.74, 6) is 0. The number of aliphatic hydroxyl groups excluding tert-OH is 1. The van der Waals surface area contributed by atoms with Crippen molar-refractivity contribution in [1.29, 1.82) is 0 Å². The Labute approximate surface area is 128 Å². The van der Waals surface area contributed by atoms with Crippen LogP contribution in [0.4, 0.5) is 0 Å². The van der Waals surface area contributed by atoms with Crippen molar-refractivity contribution >= 4 is 0 Å². The first-order valence-corrected chi connectivity index (χ1v) is 7.54. The lowest BCUT2D eigenvalue weighted by Crippen LogP contribution is -2.27. The van der Waals surface area contributed by atoms with Gasteiger partial charge in [0, 0.05) is 13.1 Å². The molecular weight excluding hydrogens is 258 g/mol. The highest BCUT2D eigenvalue weighted by atomic mass is 16.3. The molecule has 0 aliphatic heterocycles. The minimum absolute atomic E-state index is 0.425. The van der Waals surface area contributed by atoms with E-state index in [0.29, 0.717) is 6.54 Å². The average molecular weight is 283 g/mol. The number of benzene rings is 2. The van der Waals surface area contributed by atoms with Crippen LogP contribution in [-0.2, 0) is 6.42 Å². The molecule has 2 nitrogen and oxygen atoms in total. The number of likely N-dealkylation sites (N-methyl/N-ethyl adjacent to an activating group) is 1. The summed E-state index contributed by atoms with van der Waals surface area (Å²) in [4.78, 5) is 2.19. The Morgan fingerprint density at radius 2 is 1.76 bits per heavy atom. The third kappa shape index (κ3) is 4.69. The summed E-state index contributed by atoms with van der Waals surface area (Å²) in [6.45, 7) is 5.74. The van der Waals surface area contributed by atoms with Crippen molar-refractivity contribution in [3.05, 3.63) is 70.8 Å². The van der Waals surface area contributed by atoms with Gasteiger partial charge in [-0.1, -0.05) is 54.1 Å². The van der Waals surface area contributed by atoms with E-state index in [1.807, 2.05) is 6.07 Å². The van der Waals surface area contributed by atoms with E-state index < -0.39 is 6.10 Å². The predicted molar refractivity (Wildman–Crippen MR) is 88.5 cm³/mol. The van der Waals surface area contributed by atoms with E-state index in [9.17, 15) is 5.11 Å². The number of aliphatic hydroxyl groups is 1. The van der Waals surface area contributed by atoms with Crippen LogP contribution >= 0.6 is 0 Å². The molecule has 2 aromatic rings. The second kappa shape index (κ2) is 7.39. The van der Waals surface area contributed by atoms with Gasteiger partial charge in [-0.05, 0) is 44.0 Å². The molecule has 0 saturated heterocycles. The molecule has 0 radical (unpaired) electrons. The molecule has 2 aromatic carbocycles. The normalized spacial score (nSPS) is 12.6. The summed E-state index contributed by atoms with van der Waals surface area (Å²) < 4.78 is 0. The molecule has 1 atom stereocenters. The van der Waals surface area contributed by atoms with Gasteiger partial charge in [-0.2, -0.15) is 0 Å². The fraction of sp³-hybridized carbons (Fsp3) is 0.368. The highest BCUT2D eigenvalue weighted by Gasteiger charge is 2.13. The van der Waals surface area contributed by atoms with Crippen molar-refractivity contribution in [2.75, 3.05) is 20.1 Å². The molecule has 0 bridgehead atoms. The number of aryl methyl sites for hydroxylation is 2. The molecule has 112 valence electrons. The van der Waals surface area contributed by atoms with Gasteiger partial charge in [0.05, 0.1) is 6.10 Å². The molecule has 0 saturated carbocycles. The van der Waals surface area contributed by atoms with Crippen LogP contribution in [0.1, 0.15) is 28.4 Å². The zero-order valence-electron chi connectivity index (χ0n) is 13.2. The first-order chi connectivity index (χ1) is 10.1. The molecule has 21 heavy (non-hydrogen) atoms. The van der Waals surface area contributed by atoms with E-state index in [2.05, 4.69) is 68.3 Å². The van der Waals surface area contributed by atoms with Crippen molar-refractivity contribution < 1.29 is 5.11 Å². The van der Waals surface area contributed by atoms with Gasteiger partial charge in [0.1, 0.15) is 0 Å². The smallest absolute Gasteiger partial charge is 0.0919 e. The van der Waals surface area contributed by atoms with Gasteiger partial charge >= 0.3 is 0 Å². The van der Waals surface area contributed by atoms with Gasteiger partial charge in [0.2, 0.25) is 0 Å². The second-order valence-corrected chi connectivity index (χ2v) is 5.87. The number of hydrogen-bond donors (Lipinski definition) is 1. The SMILES string of the molecule is Cc1ccc(C)c(C(O)CN(C)CCc2ccccc2)c1. The molecule has 0 aromatic heterocycles. The summed E-state index contributed by atoms with van der Waals surface area (Å²) in [5.41, 5.74) is 4.73. The molecule has 0 aliphatic carbocycles. The predicted octanol–water partition coefficient (Wildman–Crippen LogP) is 3.51. The molecule has 2 heteroatoms. The van der Waals surface area contributed by atoms with Crippen LogP contribution < -0.4 is 0 Å². The lowest BCUT2D eigenvalue weighted by molar-refractivity contribution is 0.127. The van der Waals surface area contributed by atoms with Gasteiger partial charge in [-0.3, -0.25) is 0 Å². The first kappa shape index (κ1) is 15.7. The fourth-order valence-electron chi connectivity index (χ4n) is 2.57. The zero-order valence-corrected chi connectivity index (χ0v) is 13.2. The van der Waals surface area contributed by atoms with Crippen LogP contribution in [0, 0.1) is 13.8 Å². The van der Waals surface area contributed by atoms with Gasteiger partial charge in [0.25, 0.3) is 0 Å². The minimum atomic E-state index is -0.425. The highest BCUT2D eigenvalue weighted by Crippen LogP contribution is 2.20. The topological polar surface area (TPSA) is 23.5 Å². The Hall–Kier alpha value is -1.64. The van der Waals surface area contributed by atoms with Crippen LogP contribution in [0.15, 0.2) is 48.5 Å². The Morgan fingerprint density at radius 1 is 1.05 bits per heavy atom. The van der Waals surface area contributed by atoms with Gasteiger partial charge in [0.15, 0.2) is 0 Å². The van der Waals surface area contributed by atoms with Crippen molar-refractivity contribution in [2.45, 2.75) is 26.4 Å². The Balaban J connectivity index is 1.90. The largest absolute Gasteiger partial charge is 0.387 e. The summed E-state index contributed by atoms with van der Waals surface area (Å²) in [6.07, 6.45) is 0.585. The van der Waals surface area contributed by atoms with Crippen molar-refractivity contribution in [2.24, 2.45) is 0 Å². The number of nitrogens with zero attached hydrogens (tertiary/aromatic N) is 1.